The molecule has 1 unspecified atom stereocenters. The number of aryl methyl sites for hydroxylation is 1. The van der Waals surface area contributed by atoms with Crippen LogP contribution in [0.2, 0.25) is 0 Å². The van der Waals surface area contributed by atoms with Crippen LogP contribution in [0.5, 0.6) is 0 Å². The predicted octanol–water partition coefficient (Wildman–Crippen LogP) is 3.14. The van der Waals surface area contributed by atoms with Crippen molar-refractivity contribution >= 4 is 15.7 Å². The Morgan fingerprint density at radius 3 is 2.52 bits per heavy atom. The molecule has 1 heterocycles. The molecule has 0 radical (unpaired) electrons. The van der Waals surface area contributed by atoms with Gasteiger partial charge in [0.05, 0.1) is 11.0 Å². The smallest absolute Gasteiger partial charge is 0.253 e. The molecule has 1 saturated heterocycles. The second-order valence-electron chi connectivity index (χ2n) is 6.31. The SMILES string of the molecule is Cc1ccc(C(=O)N2CCC(c3ccccc3)S(=O)(=O)CC2)cc1F. The van der Waals surface area contributed by atoms with E-state index >= 15 is 0 Å². The Hall–Kier alpha value is -2.21. The van der Waals surface area contributed by atoms with Crippen molar-refractivity contribution in [3.05, 3.63) is 71.0 Å². The zero-order chi connectivity index (χ0) is 18.0. The van der Waals surface area contributed by atoms with Gasteiger partial charge in [0, 0.05) is 18.7 Å². The first-order valence-electron chi connectivity index (χ1n) is 8.20. The molecular weight excluding hydrogens is 341 g/mol. The first-order chi connectivity index (χ1) is 11.9. The maximum Gasteiger partial charge on any atom is 0.253 e. The minimum atomic E-state index is -3.34. The minimum absolute atomic E-state index is 0.0906. The highest BCUT2D eigenvalue weighted by Crippen LogP contribution is 2.29. The molecule has 1 fully saturated rings. The van der Waals surface area contributed by atoms with Crippen LogP contribution in [-0.2, 0) is 9.84 Å². The van der Waals surface area contributed by atoms with Crippen molar-refractivity contribution in [3.63, 3.8) is 0 Å². The van der Waals surface area contributed by atoms with Crippen molar-refractivity contribution < 1.29 is 17.6 Å². The lowest BCUT2D eigenvalue weighted by Gasteiger charge is -2.20. The lowest BCUT2D eigenvalue weighted by Crippen LogP contribution is -2.33. The number of nitrogens with zero attached hydrogens (tertiary/aromatic N) is 1. The quantitative estimate of drug-likeness (QED) is 0.826. The average molecular weight is 361 g/mol. The fraction of sp³-hybridized carbons (Fsp3) is 0.316. The number of carbonyl (C=O) groups is 1. The van der Waals surface area contributed by atoms with Gasteiger partial charge in [-0.25, -0.2) is 12.8 Å². The van der Waals surface area contributed by atoms with Gasteiger partial charge in [0.1, 0.15) is 5.82 Å². The zero-order valence-electron chi connectivity index (χ0n) is 14.0. The largest absolute Gasteiger partial charge is 0.338 e. The molecule has 4 nitrogen and oxygen atoms in total. The van der Waals surface area contributed by atoms with Crippen LogP contribution >= 0.6 is 0 Å². The first-order valence-corrected chi connectivity index (χ1v) is 9.92. The Labute approximate surface area is 147 Å². The van der Waals surface area contributed by atoms with Gasteiger partial charge in [0.25, 0.3) is 5.91 Å². The van der Waals surface area contributed by atoms with Gasteiger partial charge < -0.3 is 4.90 Å². The number of hydrogen-bond acceptors (Lipinski definition) is 3. The number of sulfone groups is 1. The van der Waals surface area contributed by atoms with E-state index in [9.17, 15) is 17.6 Å². The van der Waals surface area contributed by atoms with E-state index in [1.807, 2.05) is 18.2 Å². The van der Waals surface area contributed by atoms with Crippen molar-refractivity contribution in [2.24, 2.45) is 0 Å². The number of amides is 1. The van der Waals surface area contributed by atoms with Crippen LogP contribution in [0.15, 0.2) is 48.5 Å². The summed E-state index contributed by atoms with van der Waals surface area (Å²) < 4.78 is 38.9. The third kappa shape index (κ3) is 3.74. The minimum Gasteiger partial charge on any atom is -0.338 e. The summed E-state index contributed by atoms with van der Waals surface area (Å²) in [5.41, 5.74) is 1.47. The van der Waals surface area contributed by atoms with Crippen molar-refractivity contribution in [2.45, 2.75) is 18.6 Å². The molecule has 6 heteroatoms. The summed E-state index contributed by atoms with van der Waals surface area (Å²) in [6.45, 7) is 2.08. The molecule has 2 aromatic rings. The normalized spacial score (nSPS) is 20.1. The molecule has 1 amide bonds. The predicted molar refractivity (Wildman–Crippen MR) is 94.6 cm³/mol. The van der Waals surface area contributed by atoms with E-state index in [0.717, 1.165) is 5.56 Å². The molecule has 1 aliphatic heterocycles. The highest BCUT2D eigenvalue weighted by molar-refractivity contribution is 7.91. The Morgan fingerprint density at radius 2 is 1.84 bits per heavy atom. The van der Waals surface area contributed by atoms with Gasteiger partial charge >= 0.3 is 0 Å². The maximum absolute atomic E-state index is 13.7. The van der Waals surface area contributed by atoms with E-state index in [1.54, 1.807) is 31.2 Å². The first kappa shape index (κ1) is 17.6. The van der Waals surface area contributed by atoms with E-state index in [2.05, 4.69) is 0 Å². The standard InChI is InChI=1S/C19H20FNO3S/c1-14-7-8-16(13-17(14)20)19(22)21-10-9-18(25(23,24)12-11-21)15-5-3-2-4-6-15/h2-8,13,18H,9-12H2,1H3. The second kappa shape index (κ2) is 6.96. The summed E-state index contributed by atoms with van der Waals surface area (Å²) in [5, 5.41) is -0.610. The second-order valence-corrected chi connectivity index (χ2v) is 8.61. The number of carbonyl (C=O) groups excluding carboxylic acids is 1. The number of hydrogen-bond donors (Lipinski definition) is 0. The van der Waals surface area contributed by atoms with Gasteiger partial charge in [0.15, 0.2) is 9.84 Å². The highest BCUT2D eigenvalue weighted by Gasteiger charge is 2.32. The van der Waals surface area contributed by atoms with Crippen molar-refractivity contribution in [1.82, 2.24) is 4.90 Å². The maximum atomic E-state index is 13.7. The van der Waals surface area contributed by atoms with Crippen LogP contribution in [-0.4, -0.2) is 38.1 Å². The molecular formula is C19H20FNO3S. The lowest BCUT2D eigenvalue weighted by atomic mass is 10.1. The van der Waals surface area contributed by atoms with Gasteiger partial charge in [0.2, 0.25) is 0 Å². The van der Waals surface area contributed by atoms with E-state index in [-0.39, 0.29) is 23.8 Å². The van der Waals surface area contributed by atoms with Crippen LogP contribution in [0.4, 0.5) is 4.39 Å². The summed E-state index contributed by atoms with van der Waals surface area (Å²) in [5.74, 6) is -0.856. The third-order valence-electron chi connectivity index (χ3n) is 4.62. The van der Waals surface area contributed by atoms with Gasteiger partial charge in [-0.05, 0) is 36.6 Å². The fourth-order valence-corrected chi connectivity index (χ4v) is 4.89. The Bertz CT molecular complexity index is 881. The molecule has 0 bridgehead atoms. The van der Waals surface area contributed by atoms with Crippen molar-refractivity contribution in [1.29, 1.82) is 0 Å². The van der Waals surface area contributed by atoms with Crippen LogP contribution in [0.25, 0.3) is 0 Å². The van der Waals surface area contributed by atoms with E-state index < -0.39 is 20.9 Å². The van der Waals surface area contributed by atoms with Gasteiger partial charge in [-0.2, -0.15) is 0 Å². The third-order valence-corrected chi connectivity index (χ3v) is 6.74. The van der Waals surface area contributed by atoms with Crippen LogP contribution in [0.1, 0.15) is 33.2 Å². The molecule has 0 aliphatic carbocycles. The molecule has 0 spiro atoms. The molecule has 1 atom stereocenters. The Balaban J connectivity index is 1.82. The summed E-state index contributed by atoms with van der Waals surface area (Å²) >= 11 is 0. The fourth-order valence-electron chi connectivity index (χ4n) is 3.10. The van der Waals surface area contributed by atoms with Crippen molar-refractivity contribution in [2.75, 3.05) is 18.8 Å². The molecule has 2 aromatic carbocycles. The molecule has 0 N–H and O–H groups in total. The zero-order valence-corrected chi connectivity index (χ0v) is 14.8. The topological polar surface area (TPSA) is 54.5 Å². The Kier molecular flexibility index (Phi) is 4.90. The van der Waals surface area contributed by atoms with Gasteiger partial charge in [-0.1, -0.05) is 36.4 Å². The molecule has 132 valence electrons. The summed E-state index contributed by atoms with van der Waals surface area (Å²) in [7, 11) is -3.34. The number of benzene rings is 2. The summed E-state index contributed by atoms with van der Waals surface area (Å²) in [6, 6.07) is 13.4. The molecule has 25 heavy (non-hydrogen) atoms. The van der Waals surface area contributed by atoms with Crippen LogP contribution < -0.4 is 0 Å². The Morgan fingerprint density at radius 1 is 1.12 bits per heavy atom. The number of halogens is 1. The van der Waals surface area contributed by atoms with Crippen LogP contribution in [0.3, 0.4) is 0 Å². The average Bonchev–Trinajstić information content (AvgIpc) is 2.75. The van der Waals surface area contributed by atoms with E-state index in [4.69, 9.17) is 0 Å². The monoisotopic (exact) mass is 361 g/mol. The van der Waals surface area contributed by atoms with E-state index in [1.165, 1.54) is 11.0 Å². The molecule has 3 rings (SSSR count). The van der Waals surface area contributed by atoms with Crippen LogP contribution in [0, 0.1) is 12.7 Å². The van der Waals surface area contributed by atoms with Gasteiger partial charge in [-0.3, -0.25) is 4.79 Å². The number of rotatable bonds is 2. The summed E-state index contributed by atoms with van der Waals surface area (Å²) in [4.78, 5) is 14.1. The lowest BCUT2D eigenvalue weighted by molar-refractivity contribution is 0.0766. The molecule has 0 aromatic heterocycles. The van der Waals surface area contributed by atoms with E-state index in [0.29, 0.717) is 18.5 Å². The molecule has 0 saturated carbocycles. The molecule has 1 aliphatic rings. The van der Waals surface area contributed by atoms with Gasteiger partial charge in [-0.15, -0.1) is 0 Å². The van der Waals surface area contributed by atoms with Crippen molar-refractivity contribution in [3.8, 4) is 0 Å². The summed E-state index contributed by atoms with van der Waals surface area (Å²) in [6.07, 6.45) is 0.340. The highest BCUT2D eigenvalue weighted by atomic mass is 32.2.